The summed E-state index contributed by atoms with van der Waals surface area (Å²) in [5, 5.41) is 0. The molecule has 3 aromatic rings. The van der Waals surface area contributed by atoms with Crippen molar-refractivity contribution in [1.82, 2.24) is 0 Å². The Morgan fingerprint density at radius 3 is 1.38 bits per heavy atom. The van der Waals surface area contributed by atoms with Gasteiger partial charge in [-0.15, -0.1) is 20.4 Å². The number of halogens is 1. The molecule has 0 bridgehead atoms. The second kappa shape index (κ2) is 7.71. The summed E-state index contributed by atoms with van der Waals surface area (Å²) in [5.41, 5.74) is 1.26. The SMILES string of the molecule is CS(C)(c1ccccc1)N(c1ccccc1Br)S(C)(C)c1ccccc1. The van der Waals surface area contributed by atoms with Gasteiger partial charge in [0.15, 0.2) is 0 Å². The predicted octanol–water partition coefficient (Wildman–Crippen LogP) is 7.33. The van der Waals surface area contributed by atoms with Crippen LogP contribution in [0.25, 0.3) is 0 Å². The lowest BCUT2D eigenvalue weighted by Gasteiger charge is -2.56. The second-order valence-electron chi connectivity index (χ2n) is 6.88. The smallest absolute Gasteiger partial charge is 0.0707 e. The maximum Gasteiger partial charge on any atom is 0.0707 e. The third-order valence-corrected chi connectivity index (χ3v) is 12.3. The van der Waals surface area contributed by atoms with Gasteiger partial charge in [-0.3, -0.25) is 3.71 Å². The Morgan fingerprint density at radius 1 is 0.577 bits per heavy atom. The van der Waals surface area contributed by atoms with Crippen LogP contribution in [0.4, 0.5) is 5.69 Å². The van der Waals surface area contributed by atoms with Gasteiger partial charge in [0.05, 0.1) is 5.69 Å². The Balaban J connectivity index is 2.23. The van der Waals surface area contributed by atoms with Gasteiger partial charge in [-0.2, -0.15) is 0 Å². The molecule has 0 aromatic heterocycles. The van der Waals surface area contributed by atoms with E-state index in [1.165, 1.54) is 15.5 Å². The van der Waals surface area contributed by atoms with E-state index in [9.17, 15) is 0 Å². The summed E-state index contributed by atoms with van der Waals surface area (Å²) in [6.45, 7) is 0. The molecule has 4 heteroatoms. The minimum atomic E-state index is -1.24. The minimum absolute atomic E-state index is 1.15. The van der Waals surface area contributed by atoms with E-state index in [0.29, 0.717) is 0 Å². The predicted molar refractivity (Wildman–Crippen MR) is 125 cm³/mol. The molecule has 0 aliphatic rings. The third-order valence-electron chi connectivity index (χ3n) is 4.52. The molecule has 0 radical (unpaired) electrons. The summed E-state index contributed by atoms with van der Waals surface area (Å²) in [7, 11) is -2.48. The molecule has 3 aromatic carbocycles. The van der Waals surface area contributed by atoms with E-state index in [4.69, 9.17) is 0 Å². The Hall–Kier alpha value is -1.36. The number of rotatable bonds is 5. The van der Waals surface area contributed by atoms with E-state index in [2.05, 4.69) is 130 Å². The van der Waals surface area contributed by atoms with Crippen LogP contribution in [0.5, 0.6) is 0 Å². The zero-order chi connectivity index (χ0) is 18.8. The highest BCUT2D eigenvalue weighted by Gasteiger charge is 2.35. The van der Waals surface area contributed by atoms with Crippen LogP contribution in [0.3, 0.4) is 0 Å². The van der Waals surface area contributed by atoms with Crippen LogP contribution in [0, 0.1) is 0 Å². The fraction of sp³-hybridized carbons (Fsp3) is 0.182. The quantitative estimate of drug-likeness (QED) is 0.395. The second-order valence-corrected chi connectivity index (χ2v) is 14.7. The third kappa shape index (κ3) is 3.68. The van der Waals surface area contributed by atoms with Gasteiger partial charge in [-0.05, 0) is 77.4 Å². The number of nitrogens with zero attached hydrogens (tertiary/aromatic N) is 1. The van der Waals surface area contributed by atoms with Crippen molar-refractivity contribution in [1.29, 1.82) is 0 Å². The van der Waals surface area contributed by atoms with Crippen molar-refractivity contribution in [2.24, 2.45) is 0 Å². The van der Waals surface area contributed by atoms with Gasteiger partial charge in [-0.1, -0.05) is 48.5 Å². The summed E-state index contributed by atoms with van der Waals surface area (Å²) in [5.74, 6) is 0. The summed E-state index contributed by atoms with van der Waals surface area (Å²) >= 11 is 3.81. The van der Waals surface area contributed by atoms with Crippen molar-refractivity contribution in [3.05, 3.63) is 89.4 Å². The molecule has 26 heavy (non-hydrogen) atoms. The van der Waals surface area contributed by atoms with Crippen molar-refractivity contribution in [3.8, 4) is 0 Å². The molecule has 3 rings (SSSR count). The number of hydrogen-bond donors (Lipinski definition) is 0. The molecule has 0 N–H and O–H groups in total. The molecule has 0 unspecified atom stereocenters. The molecule has 1 nitrogen and oxygen atoms in total. The number of benzene rings is 3. The van der Waals surface area contributed by atoms with Gasteiger partial charge in [0.2, 0.25) is 0 Å². The summed E-state index contributed by atoms with van der Waals surface area (Å²) < 4.78 is 3.84. The van der Waals surface area contributed by atoms with Gasteiger partial charge in [0.25, 0.3) is 0 Å². The normalized spacial score (nSPS) is 13.3. The molecule has 0 aliphatic carbocycles. The fourth-order valence-corrected chi connectivity index (χ4v) is 11.5. The Bertz CT molecular complexity index is 812. The van der Waals surface area contributed by atoms with Crippen LogP contribution >= 0.6 is 36.4 Å². The maximum absolute atomic E-state index is 3.81. The van der Waals surface area contributed by atoms with Gasteiger partial charge in [0.1, 0.15) is 0 Å². The van der Waals surface area contributed by atoms with E-state index in [0.717, 1.165) is 4.47 Å². The maximum atomic E-state index is 3.81. The highest BCUT2D eigenvalue weighted by molar-refractivity contribution is 9.10. The molecular weight excluding hydrogens is 422 g/mol. The summed E-state index contributed by atoms with van der Waals surface area (Å²) in [6, 6.07) is 30.4. The van der Waals surface area contributed by atoms with E-state index in [1.807, 2.05) is 0 Å². The average molecular weight is 448 g/mol. The number of para-hydroxylation sites is 1. The van der Waals surface area contributed by atoms with Crippen LogP contribution in [-0.4, -0.2) is 25.0 Å². The van der Waals surface area contributed by atoms with Gasteiger partial charge in [-0.25, -0.2) is 0 Å². The molecule has 0 fully saturated rings. The van der Waals surface area contributed by atoms with Crippen LogP contribution in [0.2, 0.25) is 0 Å². The number of anilines is 1. The molecule has 0 amide bonds. The summed E-state index contributed by atoms with van der Waals surface area (Å²) in [6.07, 6.45) is 9.61. The first-order valence-electron chi connectivity index (χ1n) is 8.47. The molecule has 0 saturated carbocycles. The lowest BCUT2D eigenvalue weighted by Crippen LogP contribution is -2.30. The minimum Gasteiger partial charge on any atom is -0.289 e. The highest BCUT2D eigenvalue weighted by atomic mass is 79.9. The van der Waals surface area contributed by atoms with E-state index >= 15 is 0 Å². The zero-order valence-electron chi connectivity index (χ0n) is 15.7. The Kier molecular flexibility index (Phi) is 5.75. The van der Waals surface area contributed by atoms with Gasteiger partial charge < -0.3 is 0 Å². The van der Waals surface area contributed by atoms with Crippen LogP contribution in [-0.2, 0) is 0 Å². The topological polar surface area (TPSA) is 3.24 Å². The van der Waals surface area contributed by atoms with Crippen LogP contribution < -0.4 is 3.71 Å². The average Bonchev–Trinajstić information content (AvgIpc) is 2.65. The lowest BCUT2D eigenvalue weighted by atomic mass is 10.3. The molecule has 0 spiro atoms. The van der Waals surface area contributed by atoms with E-state index in [1.54, 1.807) is 0 Å². The zero-order valence-corrected chi connectivity index (χ0v) is 18.9. The molecule has 0 saturated heterocycles. The van der Waals surface area contributed by atoms with Crippen molar-refractivity contribution in [2.45, 2.75) is 9.79 Å². The van der Waals surface area contributed by atoms with Crippen molar-refractivity contribution >= 4 is 42.0 Å². The molecule has 0 atom stereocenters. The van der Waals surface area contributed by atoms with Gasteiger partial charge in [0, 0.05) is 14.3 Å². The fourth-order valence-electron chi connectivity index (χ4n) is 3.26. The van der Waals surface area contributed by atoms with Crippen molar-refractivity contribution < 1.29 is 0 Å². The first-order valence-corrected chi connectivity index (χ1v) is 14.1. The van der Waals surface area contributed by atoms with Crippen LogP contribution in [0.1, 0.15) is 0 Å². The summed E-state index contributed by atoms with van der Waals surface area (Å²) in [4.78, 5) is 2.79. The lowest BCUT2D eigenvalue weighted by molar-refractivity contribution is 1.37. The largest absolute Gasteiger partial charge is 0.289 e. The van der Waals surface area contributed by atoms with E-state index in [-0.39, 0.29) is 0 Å². The molecule has 0 aliphatic heterocycles. The van der Waals surface area contributed by atoms with Gasteiger partial charge >= 0.3 is 0 Å². The van der Waals surface area contributed by atoms with E-state index < -0.39 is 20.4 Å². The Morgan fingerprint density at radius 2 is 0.962 bits per heavy atom. The first kappa shape index (κ1) is 19.4. The number of hydrogen-bond acceptors (Lipinski definition) is 1. The standard InChI is InChI=1S/C22H26BrNS2/c1-25(2,19-13-7-5-8-14-19)24(22-18-12-11-17-21(22)23)26(3,4)20-15-9-6-10-16-20/h5-18H,1-4H3. The molecular formula is C22H26BrNS2. The van der Waals surface area contributed by atoms with Crippen LogP contribution in [0.15, 0.2) is 99.2 Å². The highest BCUT2D eigenvalue weighted by Crippen LogP contribution is 2.69. The monoisotopic (exact) mass is 447 g/mol. The van der Waals surface area contributed by atoms with Crippen molar-refractivity contribution in [3.63, 3.8) is 0 Å². The first-order chi connectivity index (χ1) is 12.3. The molecule has 138 valence electrons. The van der Waals surface area contributed by atoms with Crippen molar-refractivity contribution in [2.75, 3.05) is 28.7 Å². The Labute approximate surface area is 169 Å². The molecule has 0 heterocycles.